The molecule has 0 radical (unpaired) electrons. The second kappa shape index (κ2) is 6.41. The molecular formula is C15H19Br2N3. The molecular weight excluding hydrogens is 382 g/mol. The molecule has 0 aliphatic rings. The van der Waals surface area contributed by atoms with Crippen LogP contribution in [0.25, 0.3) is 0 Å². The van der Waals surface area contributed by atoms with Gasteiger partial charge in [0.1, 0.15) is 0 Å². The number of likely N-dealkylation sites (N-methyl/N-ethyl adjacent to an activating group) is 1. The van der Waals surface area contributed by atoms with E-state index in [9.17, 15) is 0 Å². The highest BCUT2D eigenvalue weighted by Gasteiger charge is 2.17. The van der Waals surface area contributed by atoms with E-state index in [0.29, 0.717) is 0 Å². The van der Waals surface area contributed by atoms with Gasteiger partial charge in [-0.25, -0.2) is 0 Å². The topological polar surface area (TPSA) is 29.9 Å². The van der Waals surface area contributed by atoms with Crippen molar-refractivity contribution in [2.75, 3.05) is 7.05 Å². The van der Waals surface area contributed by atoms with Crippen molar-refractivity contribution in [3.05, 3.63) is 49.7 Å². The van der Waals surface area contributed by atoms with Crippen molar-refractivity contribution in [3.63, 3.8) is 0 Å². The molecule has 0 bridgehead atoms. The lowest BCUT2D eigenvalue weighted by Gasteiger charge is -2.18. The van der Waals surface area contributed by atoms with Crippen LogP contribution in [0.3, 0.4) is 0 Å². The highest BCUT2D eigenvalue weighted by molar-refractivity contribution is 9.10. The number of aryl methyl sites for hydroxylation is 3. The molecule has 20 heavy (non-hydrogen) atoms. The molecule has 3 nitrogen and oxygen atoms in total. The van der Waals surface area contributed by atoms with Crippen LogP contribution in [0.15, 0.2) is 27.1 Å². The van der Waals surface area contributed by atoms with Gasteiger partial charge < -0.3 is 5.32 Å². The van der Waals surface area contributed by atoms with Crippen molar-refractivity contribution in [2.45, 2.75) is 26.3 Å². The van der Waals surface area contributed by atoms with Gasteiger partial charge in [-0.3, -0.25) is 4.68 Å². The van der Waals surface area contributed by atoms with Gasteiger partial charge in [0, 0.05) is 24.0 Å². The zero-order chi connectivity index (χ0) is 14.9. The van der Waals surface area contributed by atoms with Crippen molar-refractivity contribution in [2.24, 2.45) is 7.05 Å². The molecule has 1 aromatic carbocycles. The van der Waals surface area contributed by atoms with Gasteiger partial charge in [-0.05, 0) is 54.0 Å². The molecule has 2 rings (SSSR count). The van der Waals surface area contributed by atoms with E-state index < -0.39 is 0 Å². The van der Waals surface area contributed by atoms with Gasteiger partial charge in [-0.2, -0.15) is 5.10 Å². The van der Waals surface area contributed by atoms with Crippen LogP contribution < -0.4 is 5.32 Å². The Morgan fingerprint density at radius 3 is 2.50 bits per heavy atom. The molecule has 0 amide bonds. The Balaban J connectivity index is 2.31. The molecule has 0 spiro atoms. The Kier molecular flexibility index (Phi) is 5.04. The lowest BCUT2D eigenvalue weighted by molar-refractivity contribution is 0.560. The molecule has 1 aromatic heterocycles. The van der Waals surface area contributed by atoms with Crippen molar-refractivity contribution in [3.8, 4) is 0 Å². The van der Waals surface area contributed by atoms with E-state index in [4.69, 9.17) is 0 Å². The Morgan fingerprint density at radius 2 is 2.00 bits per heavy atom. The largest absolute Gasteiger partial charge is 0.313 e. The Morgan fingerprint density at radius 1 is 1.30 bits per heavy atom. The van der Waals surface area contributed by atoms with Gasteiger partial charge in [0.15, 0.2) is 0 Å². The summed E-state index contributed by atoms with van der Waals surface area (Å²) in [5, 5.41) is 7.85. The van der Waals surface area contributed by atoms with Gasteiger partial charge in [0.25, 0.3) is 0 Å². The number of aromatic nitrogens is 2. The monoisotopic (exact) mass is 399 g/mol. The quantitative estimate of drug-likeness (QED) is 0.838. The molecule has 108 valence electrons. The van der Waals surface area contributed by atoms with E-state index in [-0.39, 0.29) is 6.04 Å². The fraction of sp³-hybridized carbons (Fsp3) is 0.400. The van der Waals surface area contributed by atoms with Gasteiger partial charge in [-0.1, -0.05) is 28.1 Å². The number of benzene rings is 1. The highest BCUT2D eigenvalue weighted by atomic mass is 79.9. The molecule has 1 heterocycles. The molecule has 0 fully saturated rings. The fourth-order valence-corrected chi connectivity index (χ4v) is 3.20. The molecule has 5 heteroatoms. The maximum absolute atomic E-state index is 4.46. The van der Waals surface area contributed by atoms with Crippen LogP contribution in [-0.2, 0) is 13.5 Å². The van der Waals surface area contributed by atoms with Crippen LogP contribution >= 0.6 is 31.9 Å². The summed E-state index contributed by atoms with van der Waals surface area (Å²) in [5.74, 6) is 0. The molecule has 0 aliphatic heterocycles. The van der Waals surface area contributed by atoms with Crippen LogP contribution in [0.5, 0.6) is 0 Å². The Hall–Kier alpha value is -0.650. The molecule has 1 atom stereocenters. The van der Waals surface area contributed by atoms with E-state index in [2.05, 4.69) is 67.4 Å². The first-order valence-electron chi connectivity index (χ1n) is 6.55. The van der Waals surface area contributed by atoms with Gasteiger partial charge >= 0.3 is 0 Å². The highest BCUT2D eigenvalue weighted by Crippen LogP contribution is 2.28. The number of rotatable bonds is 4. The van der Waals surface area contributed by atoms with Crippen LogP contribution in [0.1, 0.15) is 28.6 Å². The molecule has 2 aromatic rings. The number of halogens is 2. The zero-order valence-electron chi connectivity index (χ0n) is 12.2. The van der Waals surface area contributed by atoms with Gasteiger partial charge in [-0.15, -0.1) is 0 Å². The molecule has 1 N–H and O–H groups in total. The predicted octanol–water partition coefficient (Wildman–Crippen LogP) is 4.07. The lowest BCUT2D eigenvalue weighted by Crippen LogP contribution is -2.20. The average Bonchev–Trinajstić information content (AvgIpc) is 2.65. The number of hydrogen-bond donors (Lipinski definition) is 1. The first-order valence-corrected chi connectivity index (χ1v) is 8.14. The second-order valence-corrected chi connectivity index (χ2v) is 6.67. The first kappa shape index (κ1) is 15.7. The number of nitrogens with one attached hydrogen (secondary N) is 1. The molecule has 0 aliphatic carbocycles. The van der Waals surface area contributed by atoms with E-state index in [1.165, 1.54) is 16.8 Å². The van der Waals surface area contributed by atoms with E-state index in [1.54, 1.807) is 0 Å². The van der Waals surface area contributed by atoms with E-state index in [0.717, 1.165) is 21.1 Å². The van der Waals surface area contributed by atoms with Crippen molar-refractivity contribution < 1.29 is 0 Å². The molecule has 0 saturated heterocycles. The third-order valence-corrected chi connectivity index (χ3v) is 5.49. The van der Waals surface area contributed by atoms with Crippen LogP contribution in [0, 0.1) is 13.8 Å². The average molecular weight is 401 g/mol. The maximum Gasteiger partial charge on any atom is 0.0738 e. The van der Waals surface area contributed by atoms with Crippen molar-refractivity contribution >= 4 is 31.9 Å². The summed E-state index contributed by atoms with van der Waals surface area (Å²) < 4.78 is 4.20. The Labute approximate surface area is 137 Å². The van der Waals surface area contributed by atoms with Crippen LogP contribution in [0.2, 0.25) is 0 Å². The summed E-state index contributed by atoms with van der Waals surface area (Å²) in [4.78, 5) is 0. The molecule has 1 unspecified atom stereocenters. The summed E-state index contributed by atoms with van der Waals surface area (Å²) in [6, 6.07) is 6.78. The number of hydrogen-bond acceptors (Lipinski definition) is 2. The van der Waals surface area contributed by atoms with E-state index in [1.807, 2.05) is 25.7 Å². The molecule has 0 saturated carbocycles. The minimum atomic E-state index is 0.262. The Bertz CT molecular complexity index is 620. The summed E-state index contributed by atoms with van der Waals surface area (Å²) in [7, 11) is 3.99. The fourth-order valence-electron chi connectivity index (χ4n) is 2.31. The van der Waals surface area contributed by atoms with Crippen molar-refractivity contribution in [1.29, 1.82) is 0 Å². The summed E-state index contributed by atoms with van der Waals surface area (Å²) >= 11 is 7.24. The van der Waals surface area contributed by atoms with Crippen molar-refractivity contribution in [1.82, 2.24) is 15.1 Å². The summed E-state index contributed by atoms with van der Waals surface area (Å²) in [6.07, 6.45) is 0.893. The lowest BCUT2D eigenvalue weighted by atomic mass is 10.0. The number of nitrogens with zero attached hydrogens (tertiary/aromatic N) is 2. The van der Waals surface area contributed by atoms with E-state index >= 15 is 0 Å². The summed E-state index contributed by atoms with van der Waals surface area (Å²) in [6.45, 7) is 4.12. The predicted molar refractivity (Wildman–Crippen MR) is 90.0 cm³/mol. The van der Waals surface area contributed by atoms with Gasteiger partial charge in [0.05, 0.1) is 15.9 Å². The zero-order valence-corrected chi connectivity index (χ0v) is 15.3. The third-order valence-electron chi connectivity index (χ3n) is 3.61. The minimum absolute atomic E-state index is 0.262. The first-order chi connectivity index (χ1) is 9.43. The van der Waals surface area contributed by atoms with Crippen LogP contribution in [0.4, 0.5) is 0 Å². The minimum Gasteiger partial charge on any atom is -0.313 e. The normalized spacial score (nSPS) is 12.7. The SMILES string of the molecule is CNC(Cc1c(Br)c(C)nn1C)c1ccc(C)c(Br)c1. The maximum atomic E-state index is 4.46. The third kappa shape index (κ3) is 3.15. The summed E-state index contributed by atoms with van der Waals surface area (Å²) in [5.41, 5.74) is 4.76. The second-order valence-electron chi connectivity index (χ2n) is 5.02. The standard InChI is InChI=1S/C15H19Br2N3/c1-9-5-6-11(7-12(9)16)13(18-3)8-14-15(17)10(2)19-20(14)4/h5-7,13,18H,8H2,1-4H3. The van der Waals surface area contributed by atoms with Gasteiger partial charge in [0.2, 0.25) is 0 Å². The van der Waals surface area contributed by atoms with Crippen LogP contribution in [-0.4, -0.2) is 16.8 Å². The smallest absolute Gasteiger partial charge is 0.0738 e.